The predicted octanol–water partition coefficient (Wildman–Crippen LogP) is 1.93. The molecular formula is C23H25ClN4O5. The number of likely N-dealkylation sites (tertiary alicyclic amines) is 1. The molecule has 0 bridgehead atoms. The van der Waals surface area contributed by atoms with Gasteiger partial charge in [-0.1, -0.05) is 0 Å². The molecule has 10 heteroatoms. The Hall–Kier alpha value is -3.04. The highest BCUT2D eigenvalue weighted by Gasteiger charge is 2.52. The number of hydrazine groups is 1. The number of carbonyl (C=O) groups is 3. The van der Waals surface area contributed by atoms with Crippen molar-refractivity contribution < 1.29 is 23.5 Å². The molecule has 174 valence electrons. The Morgan fingerprint density at radius 3 is 2.76 bits per heavy atom. The number of furan rings is 1. The van der Waals surface area contributed by atoms with Gasteiger partial charge in [0.25, 0.3) is 11.8 Å². The maximum atomic E-state index is 13.5. The van der Waals surface area contributed by atoms with Gasteiger partial charge in [-0.15, -0.1) is 11.6 Å². The average molecular weight is 473 g/mol. The summed E-state index contributed by atoms with van der Waals surface area (Å²) in [6.45, 7) is 0.145. The van der Waals surface area contributed by atoms with Gasteiger partial charge >= 0.3 is 0 Å². The highest BCUT2D eigenvalue weighted by molar-refractivity contribution is 6.22. The van der Waals surface area contributed by atoms with Gasteiger partial charge in [-0.05, 0) is 49.5 Å². The monoisotopic (exact) mass is 472 g/mol. The van der Waals surface area contributed by atoms with Gasteiger partial charge in [0, 0.05) is 31.6 Å². The van der Waals surface area contributed by atoms with Gasteiger partial charge in [0.05, 0.1) is 5.38 Å². The summed E-state index contributed by atoms with van der Waals surface area (Å²) >= 11 is 6.36. The maximum Gasteiger partial charge on any atom is 0.291 e. The Labute approximate surface area is 196 Å². The third-order valence-corrected chi connectivity index (χ3v) is 6.80. The lowest BCUT2D eigenvalue weighted by Gasteiger charge is -2.24. The first-order valence-electron chi connectivity index (χ1n) is 11.0. The van der Waals surface area contributed by atoms with Crippen LogP contribution in [0.5, 0.6) is 0 Å². The number of fused-ring (bicyclic) bond motifs is 1. The van der Waals surface area contributed by atoms with E-state index in [0.29, 0.717) is 5.76 Å². The number of alkyl halides is 1. The zero-order chi connectivity index (χ0) is 23.1. The molecule has 2 N–H and O–H groups in total. The lowest BCUT2D eigenvalue weighted by molar-refractivity contribution is -0.133. The van der Waals surface area contributed by atoms with Crippen molar-refractivity contribution in [3.63, 3.8) is 0 Å². The van der Waals surface area contributed by atoms with Crippen LogP contribution in [0.15, 0.2) is 46.3 Å². The van der Waals surface area contributed by atoms with E-state index in [0.717, 1.165) is 36.8 Å². The Bertz CT molecular complexity index is 1080. The normalized spacial score (nSPS) is 26.4. The average Bonchev–Trinajstić information content (AvgIpc) is 3.59. The predicted molar refractivity (Wildman–Crippen MR) is 120 cm³/mol. The van der Waals surface area contributed by atoms with Gasteiger partial charge in [-0.2, -0.15) is 0 Å². The molecule has 0 radical (unpaired) electrons. The van der Waals surface area contributed by atoms with Gasteiger partial charge in [0.1, 0.15) is 30.2 Å². The second-order valence-corrected chi connectivity index (χ2v) is 9.18. The van der Waals surface area contributed by atoms with E-state index in [-0.39, 0.29) is 30.4 Å². The van der Waals surface area contributed by atoms with Crippen LogP contribution in [0.3, 0.4) is 0 Å². The van der Waals surface area contributed by atoms with Crippen molar-refractivity contribution in [3.8, 4) is 0 Å². The Balaban J connectivity index is 1.37. The smallest absolute Gasteiger partial charge is 0.291 e. The van der Waals surface area contributed by atoms with Crippen molar-refractivity contribution in [3.05, 3.63) is 53.4 Å². The molecule has 3 atom stereocenters. The number of nitrogens with one attached hydrogen (secondary N) is 2. The summed E-state index contributed by atoms with van der Waals surface area (Å²) in [7, 11) is 1.86. The summed E-state index contributed by atoms with van der Waals surface area (Å²) < 4.78 is 11.3. The maximum absolute atomic E-state index is 13.5. The molecule has 1 aliphatic carbocycles. The molecule has 0 unspecified atom stereocenters. The van der Waals surface area contributed by atoms with Crippen LogP contribution in [0.1, 0.15) is 42.0 Å². The molecule has 4 heterocycles. The molecule has 1 aromatic heterocycles. The first kappa shape index (κ1) is 21.8. The molecule has 2 saturated heterocycles. The van der Waals surface area contributed by atoms with Gasteiger partial charge in [0.2, 0.25) is 0 Å². The molecule has 5 rings (SSSR count). The minimum absolute atomic E-state index is 0.0509. The van der Waals surface area contributed by atoms with E-state index in [4.69, 9.17) is 20.8 Å². The second kappa shape index (κ2) is 8.72. The third-order valence-electron chi connectivity index (χ3n) is 6.41. The first-order valence-corrected chi connectivity index (χ1v) is 11.5. The molecule has 2 amide bonds. The number of ether oxygens (including phenoxy) is 1. The molecule has 1 aromatic rings. The Morgan fingerprint density at radius 1 is 1.24 bits per heavy atom. The fourth-order valence-corrected chi connectivity index (χ4v) is 5.05. The van der Waals surface area contributed by atoms with Crippen LogP contribution in [0.2, 0.25) is 0 Å². The van der Waals surface area contributed by atoms with Gasteiger partial charge < -0.3 is 24.8 Å². The molecule has 3 fully saturated rings. The minimum atomic E-state index is -0.709. The summed E-state index contributed by atoms with van der Waals surface area (Å²) in [6.07, 6.45) is 8.28. The van der Waals surface area contributed by atoms with Crippen LogP contribution in [0.25, 0.3) is 5.57 Å². The van der Waals surface area contributed by atoms with E-state index < -0.39 is 29.3 Å². The summed E-state index contributed by atoms with van der Waals surface area (Å²) in [6, 6.07) is 2.58. The molecule has 0 spiro atoms. The lowest BCUT2D eigenvalue weighted by Crippen LogP contribution is -2.45. The van der Waals surface area contributed by atoms with Crippen LogP contribution >= 0.6 is 11.6 Å². The van der Waals surface area contributed by atoms with E-state index in [9.17, 15) is 14.4 Å². The standard InChI is InChI=1S/C23H25ClN4O5/c1-27-9-8-14(10-25-27)17-6-7-18(33-17)22(30)26-19(13-4-2-3-5-13)23(31)28-11-15(24)21-20(28)16(29)12-32-21/h6-10,15,20-21,25H,2-5,11-12H2,1H3,(H,26,30)/t15-,20+,21+/m0/s1. The van der Waals surface area contributed by atoms with Gasteiger partial charge in [0.15, 0.2) is 11.5 Å². The first-order chi connectivity index (χ1) is 15.9. The quantitative estimate of drug-likeness (QED) is 0.509. The number of nitrogens with zero attached hydrogens (tertiary/aromatic N) is 2. The van der Waals surface area contributed by atoms with Crippen LogP contribution in [-0.4, -0.2) is 65.2 Å². The van der Waals surface area contributed by atoms with E-state index in [1.54, 1.807) is 23.3 Å². The number of rotatable bonds is 4. The number of hydrogen-bond acceptors (Lipinski definition) is 7. The number of carbonyl (C=O) groups excluding carboxylic acids is 3. The highest BCUT2D eigenvalue weighted by atomic mass is 35.5. The minimum Gasteiger partial charge on any atom is -0.451 e. The van der Waals surface area contributed by atoms with Crippen molar-refractivity contribution in [2.75, 3.05) is 20.2 Å². The fourth-order valence-electron chi connectivity index (χ4n) is 4.69. The fraction of sp³-hybridized carbons (Fsp3) is 0.435. The van der Waals surface area contributed by atoms with E-state index in [1.807, 2.05) is 19.3 Å². The topological polar surface area (TPSA) is 104 Å². The summed E-state index contributed by atoms with van der Waals surface area (Å²) in [4.78, 5) is 40.4. The summed E-state index contributed by atoms with van der Waals surface area (Å²) in [5.74, 6) is -0.449. The van der Waals surface area contributed by atoms with Crippen molar-refractivity contribution in [2.24, 2.45) is 0 Å². The van der Waals surface area contributed by atoms with Crippen LogP contribution < -0.4 is 10.7 Å². The van der Waals surface area contributed by atoms with E-state index in [1.165, 1.54) is 4.90 Å². The van der Waals surface area contributed by atoms with Gasteiger partial charge in [-0.25, -0.2) is 0 Å². The largest absolute Gasteiger partial charge is 0.451 e. The zero-order valence-electron chi connectivity index (χ0n) is 18.2. The Morgan fingerprint density at radius 2 is 2.03 bits per heavy atom. The van der Waals surface area contributed by atoms with Crippen LogP contribution in [0.4, 0.5) is 0 Å². The van der Waals surface area contributed by atoms with Crippen molar-refractivity contribution in [1.29, 1.82) is 0 Å². The molecule has 1 saturated carbocycles. The number of amides is 2. The molecule has 33 heavy (non-hydrogen) atoms. The number of halogens is 1. The number of allylic oxidation sites excluding steroid dienone is 3. The van der Waals surface area contributed by atoms with E-state index >= 15 is 0 Å². The van der Waals surface area contributed by atoms with E-state index in [2.05, 4.69) is 10.7 Å². The zero-order valence-corrected chi connectivity index (χ0v) is 18.9. The Kier molecular flexibility index (Phi) is 5.76. The number of Topliss-reactive ketones (excluding diaryl/α,β-unsaturated/α-hetero) is 1. The SMILES string of the molecule is CN1C=CC(c2ccc(C(=O)NC(C(=O)N3C[C@H](Cl)[C@H]4OCC(=O)[C@H]43)=C3CCCC3)o2)=CN1. The molecule has 3 aliphatic heterocycles. The van der Waals surface area contributed by atoms with Crippen LogP contribution in [0, 0.1) is 0 Å². The highest BCUT2D eigenvalue weighted by Crippen LogP contribution is 2.34. The number of hydrogen-bond donors (Lipinski definition) is 2. The van der Waals surface area contributed by atoms with Crippen molar-refractivity contribution >= 4 is 34.8 Å². The molecule has 0 aromatic carbocycles. The van der Waals surface area contributed by atoms with Crippen LogP contribution in [-0.2, 0) is 14.3 Å². The second-order valence-electron chi connectivity index (χ2n) is 8.62. The van der Waals surface area contributed by atoms with Crippen molar-refractivity contribution in [2.45, 2.75) is 43.2 Å². The van der Waals surface area contributed by atoms with Gasteiger partial charge in [-0.3, -0.25) is 19.4 Å². The molecule has 4 aliphatic rings. The summed E-state index contributed by atoms with van der Waals surface area (Å²) in [5.41, 5.74) is 4.92. The summed E-state index contributed by atoms with van der Waals surface area (Å²) in [5, 5.41) is 4.10. The lowest BCUT2D eigenvalue weighted by atomic mass is 10.1. The van der Waals surface area contributed by atoms with Crippen molar-refractivity contribution in [1.82, 2.24) is 20.7 Å². The molecule has 9 nitrogen and oxygen atoms in total. The number of ketones is 1. The molecular weight excluding hydrogens is 448 g/mol. The third kappa shape index (κ3) is 4.06.